The van der Waals surface area contributed by atoms with Gasteiger partial charge in [-0.3, -0.25) is 0 Å². The van der Waals surface area contributed by atoms with E-state index < -0.39 is 4.65 Å². The summed E-state index contributed by atoms with van der Waals surface area (Å²) in [7, 11) is 1.54. The van der Waals surface area contributed by atoms with Gasteiger partial charge in [-0.2, -0.15) is 0 Å². The van der Waals surface area contributed by atoms with Crippen LogP contribution in [0.25, 0.3) is 0 Å². The van der Waals surface area contributed by atoms with Crippen molar-refractivity contribution in [3.05, 3.63) is 53.1 Å². The monoisotopic (exact) mass is 339 g/mol. The molecule has 1 aromatic heterocycles. The Morgan fingerprint density at radius 1 is 1.24 bits per heavy atom. The van der Waals surface area contributed by atoms with E-state index in [0.717, 1.165) is 25.9 Å². The van der Waals surface area contributed by atoms with Crippen molar-refractivity contribution < 1.29 is 4.79 Å². The summed E-state index contributed by atoms with van der Waals surface area (Å²) in [5, 5.41) is 12.7. The SMILES string of the molecule is C[N+]1([O-])CN(C(=O)N2CCC2)c2nc(CCc3ccccc3)ncc21. The van der Waals surface area contributed by atoms with Crippen molar-refractivity contribution in [1.29, 1.82) is 0 Å². The Kier molecular flexibility index (Phi) is 3.89. The zero-order valence-corrected chi connectivity index (χ0v) is 14.3. The molecule has 130 valence electrons. The molecular weight excluding hydrogens is 318 g/mol. The molecule has 1 aromatic carbocycles. The smallest absolute Gasteiger partial charge is 0.330 e. The van der Waals surface area contributed by atoms with E-state index in [2.05, 4.69) is 22.1 Å². The molecule has 1 unspecified atom stereocenters. The van der Waals surface area contributed by atoms with Crippen molar-refractivity contribution in [2.24, 2.45) is 0 Å². The molecule has 2 amide bonds. The number of quaternary nitrogens is 1. The Morgan fingerprint density at radius 2 is 2.00 bits per heavy atom. The number of urea groups is 1. The van der Waals surface area contributed by atoms with Crippen LogP contribution in [0.1, 0.15) is 17.8 Å². The first-order valence-electron chi connectivity index (χ1n) is 8.58. The molecule has 0 bridgehead atoms. The Bertz CT molecular complexity index is 789. The van der Waals surface area contributed by atoms with Crippen LogP contribution < -0.4 is 9.55 Å². The van der Waals surface area contributed by atoms with Crippen LogP contribution in [0.4, 0.5) is 16.3 Å². The molecule has 2 aromatic rings. The van der Waals surface area contributed by atoms with Crippen molar-refractivity contribution in [2.75, 3.05) is 31.7 Å². The normalized spacial score (nSPS) is 21.8. The summed E-state index contributed by atoms with van der Waals surface area (Å²) in [4.78, 5) is 24.8. The van der Waals surface area contributed by atoms with E-state index in [9.17, 15) is 10.0 Å². The molecule has 1 fully saturated rings. The van der Waals surface area contributed by atoms with Crippen LogP contribution in [-0.4, -0.2) is 47.7 Å². The van der Waals surface area contributed by atoms with Gasteiger partial charge < -0.3 is 14.8 Å². The third kappa shape index (κ3) is 2.96. The van der Waals surface area contributed by atoms with Gasteiger partial charge in [0.2, 0.25) is 5.82 Å². The second kappa shape index (κ2) is 6.09. The lowest BCUT2D eigenvalue weighted by molar-refractivity contribution is 0.173. The summed E-state index contributed by atoms with van der Waals surface area (Å²) in [6, 6.07) is 10.0. The molecule has 0 N–H and O–H groups in total. The Balaban J connectivity index is 1.57. The maximum Gasteiger partial charge on any atom is 0.330 e. The molecule has 1 saturated heterocycles. The third-order valence-corrected chi connectivity index (χ3v) is 4.81. The molecule has 0 saturated carbocycles. The molecule has 0 aliphatic carbocycles. The lowest BCUT2D eigenvalue weighted by Gasteiger charge is -2.36. The van der Waals surface area contributed by atoms with E-state index in [4.69, 9.17) is 0 Å². The summed E-state index contributed by atoms with van der Waals surface area (Å²) in [6.45, 7) is 1.56. The van der Waals surface area contributed by atoms with E-state index >= 15 is 0 Å². The lowest BCUT2D eigenvalue weighted by Crippen LogP contribution is -2.52. The Hall–Kier alpha value is -2.51. The van der Waals surface area contributed by atoms with Crippen LogP contribution in [0.2, 0.25) is 0 Å². The predicted octanol–water partition coefficient (Wildman–Crippen LogP) is 2.30. The summed E-state index contributed by atoms with van der Waals surface area (Å²) in [5.41, 5.74) is 1.67. The highest BCUT2D eigenvalue weighted by Crippen LogP contribution is 2.38. The predicted molar refractivity (Wildman–Crippen MR) is 95.9 cm³/mol. The first-order valence-corrected chi connectivity index (χ1v) is 8.58. The molecule has 7 heteroatoms. The topological polar surface area (TPSA) is 72.4 Å². The van der Waals surface area contributed by atoms with Crippen molar-refractivity contribution >= 4 is 17.5 Å². The van der Waals surface area contributed by atoms with Crippen molar-refractivity contribution in [3.63, 3.8) is 0 Å². The van der Waals surface area contributed by atoms with Crippen molar-refractivity contribution in [1.82, 2.24) is 19.5 Å². The van der Waals surface area contributed by atoms with Crippen LogP contribution in [0.3, 0.4) is 0 Å². The summed E-state index contributed by atoms with van der Waals surface area (Å²) in [5.74, 6) is 1.12. The minimum absolute atomic E-state index is 0.0570. The van der Waals surface area contributed by atoms with E-state index in [-0.39, 0.29) is 12.7 Å². The number of fused-ring (bicyclic) bond motifs is 1. The number of rotatable bonds is 3. The number of likely N-dealkylation sites (tertiary alicyclic amines) is 1. The highest BCUT2D eigenvalue weighted by atomic mass is 16.5. The fraction of sp³-hybridized carbons (Fsp3) is 0.389. The lowest BCUT2D eigenvalue weighted by atomic mass is 10.1. The van der Waals surface area contributed by atoms with Crippen molar-refractivity contribution in [2.45, 2.75) is 19.3 Å². The highest BCUT2D eigenvalue weighted by molar-refractivity contribution is 5.96. The van der Waals surface area contributed by atoms with Gasteiger partial charge in [0.15, 0.2) is 12.4 Å². The van der Waals surface area contributed by atoms with Crippen LogP contribution in [-0.2, 0) is 12.8 Å². The molecule has 0 radical (unpaired) electrons. The second-order valence-corrected chi connectivity index (χ2v) is 6.77. The van der Waals surface area contributed by atoms with E-state index in [1.165, 1.54) is 17.5 Å². The fourth-order valence-electron chi connectivity index (χ4n) is 3.20. The van der Waals surface area contributed by atoms with Gasteiger partial charge in [0.1, 0.15) is 5.82 Å². The Morgan fingerprint density at radius 3 is 2.68 bits per heavy atom. The van der Waals surface area contributed by atoms with Gasteiger partial charge >= 0.3 is 6.03 Å². The summed E-state index contributed by atoms with van der Waals surface area (Å²) >= 11 is 0. The second-order valence-electron chi connectivity index (χ2n) is 6.77. The van der Waals surface area contributed by atoms with Gasteiger partial charge in [-0.1, -0.05) is 30.3 Å². The molecule has 2 aliphatic heterocycles. The Labute approximate surface area is 146 Å². The van der Waals surface area contributed by atoms with Gasteiger partial charge in [0, 0.05) is 19.5 Å². The average molecular weight is 339 g/mol. The average Bonchev–Trinajstić information content (AvgIpc) is 2.83. The largest absolute Gasteiger partial charge is 0.626 e. The van der Waals surface area contributed by atoms with Gasteiger partial charge in [-0.05, 0) is 18.4 Å². The minimum atomic E-state index is -0.645. The van der Waals surface area contributed by atoms with Crippen LogP contribution in [0.15, 0.2) is 36.5 Å². The number of amides is 2. The number of anilines is 1. The molecule has 0 spiro atoms. The van der Waals surface area contributed by atoms with E-state index in [1.807, 2.05) is 18.2 Å². The van der Waals surface area contributed by atoms with Gasteiger partial charge in [0.05, 0.1) is 13.2 Å². The number of hydrogen-bond donors (Lipinski definition) is 0. The van der Waals surface area contributed by atoms with Crippen LogP contribution >= 0.6 is 0 Å². The minimum Gasteiger partial charge on any atom is -0.626 e. The quantitative estimate of drug-likeness (QED) is 0.635. The first kappa shape index (κ1) is 16.0. The van der Waals surface area contributed by atoms with Gasteiger partial charge in [0.25, 0.3) is 0 Å². The number of nitrogens with zero attached hydrogens (tertiary/aromatic N) is 5. The molecule has 3 heterocycles. The third-order valence-electron chi connectivity index (χ3n) is 4.81. The van der Waals surface area contributed by atoms with Gasteiger partial charge in [-0.15, -0.1) is 0 Å². The molecular formula is C18H21N5O2. The summed E-state index contributed by atoms with van der Waals surface area (Å²) in [6.07, 6.45) is 4.09. The maximum atomic E-state index is 12.7. The maximum absolute atomic E-state index is 12.7. The molecule has 2 aliphatic rings. The van der Waals surface area contributed by atoms with Crippen molar-refractivity contribution in [3.8, 4) is 0 Å². The molecule has 7 nitrogen and oxygen atoms in total. The summed E-state index contributed by atoms with van der Waals surface area (Å²) < 4.78 is -0.645. The number of aromatic nitrogens is 2. The number of carbonyl (C=O) groups is 1. The fourth-order valence-corrected chi connectivity index (χ4v) is 3.20. The van der Waals surface area contributed by atoms with Crippen LogP contribution in [0.5, 0.6) is 0 Å². The standard InChI is InChI=1S/C18H21N5O2/c1-23(25)13-22(18(24)21-10-5-11-21)17-15(23)12-19-16(20-17)9-8-14-6-3-2-4-7-14/h2-4,6-7,12H,5,8-11,13H2,1H3. The van der Waals surface area contributed by atoms with E-state index in [0.29, 0.717) is 23.8 Å². The van der Waals surface area contributed by atoms with E-state index in [1.54, 1.807) is 11.1 Å². The number of aryl methyl sites for hydroxylation is 2. The number of hydrogen-bond acceptors (Lipinski definition) is 4. The molecule has 4 rings (SSSR count). The molecule has 25 heavy (non-hydrogen) atoms. The zero-order chi connectivity index (χ0) is 17.4. The number of benzene rings is 1. The number of carbonyl (C=O) groups excluding carboxylic acids is 1. The highest BCUT2D eigenvalue weighted by Gasteiger charge is 2.41. The zero-order valence-electron chi connectivity index (χ0n) is 14.3. The number of hydroxylamine groups is 2. The molecule has 1 atom stereocenters. The van der Waals surface area contributed by atoms with Crippen LogP contribution in [0, 0.1) is 5.21 Å². The van der Waals surface area contributed by atoms with Gasteiger partial charge in [-0.25, -0.2) is 19.7 Å². The first-order chi connectivity index (χ1) is 12.0.